The minimum absolute atomic E-state index is 0.0240. The Bertz CT molecular complexity index is 256. The van der Waals surface area contributed by atoms with Crippen molar-refractivity contribution >= 4 is 17.8 Å². The van der Waals surface area contributed by atoms with Crippen molar-refractivity contribution in [2.75, 3.05) is 38.7 Å². The molecule has 0 spiro atoms. The van der Waals surface area contributed by atoms with Crippen molar-refractivity contribution in [3.8, 4) is 0 Å². The third-order valence-electron chi connectivity index (χ3n) is 3.32. The predicted molar refractivity (Wildman–Crippen MR) is 74.6 cm³/mol. The molecule has 2 N–H and O–H groups in total. The summed E-state index contributed by atoms with van der Waals surface area (Å²) in [4.78, 5) is 12.9. The highest BCUT2D eigenvalue weighted by Crippen LogP contribution is 2.33. The van der Waals surface area contributed by atoms with Crippen LogP contribution in [0.1, 0.15) is 20.3 Å². The van der Waals surface area contributed by atoms with E-state index in [9.17, 15) is 4.79 Å². The molecule has 0 bridgehead atoms. The lowest BCUT2D eigenvalue weighted by Crippen LogP contribution is -2.49. The highest BCUT2D eigenvalue weighted by atomic mass is 32.2. The lowest BCUT2D eigenvalue weighted by molar-refractivity contribution is 0.215. The molecule has 1 rings (SSSR count). The number of hydrogen-bond donors (Lipinski definition) is 2. The Morgan fingerprint density at radius 2 is 2.12 bits per heavy atom. The van der Waals surface area contributed by atoms with Crippen LogP contribution in [0.15, 0.2) is 0 Å². The third kappa shape index (κ3) is 4.76. The molecule has 1 aliphatic rings. The summed E-state index contributed by atoms with van der Waals surface area (Å²) in [6.45, 7) is 6.17. The van der Waals surface area contributed by atoms with E-state index in [-0.39, 0.29) is 6.03 Å². The largest absolute Gasteiger partial charge is 0.337 e. The summed E-state index contributed by atoms with van der Waals surface area (Å²) in [7, 11) is 3.51. The van der Waals surface area contributed by atoms with E-state index in [1.165, 1.54) is 17.9 Å². The molecule has 0 saturated carbocycles. The first kappa shape index (κ1) is 14.6. The Labute approximate surface area is 109 Å². The lowest BCUT2D eigenvalue weighted by atomic mass is 9.82. The lowest BCUT2D eigenvalue weighted by Gasteiger charge is -2.39. The van der Waals surface area contributed by atoms with E-state index < -0.39 is 0 Å². The van der Waals surface area contributed by atoms with Crippen molar-refractivity contribution in [1.82, 2.24) is 15.5 Å². The SMILES string of the molecule is CN(C)C(=O)NCCNC1CSCCC1(C)C. The number of nitrogens with one attached hydrogen (secondary N) is 2. The van der Waals surface area contributed by atoms with Crippen LogP contribution in [0, 0.1) is 5.41 Å². The van der Waals surface area contributed by atoms with Gasteiger partial charge in [-0.3, -0.25) is 0 Å². The highest BCUT2D eigenvalue weighted by molar-refractivity contribution is 7.99. The van der Waals surface area contributed by atoms with Gasteiger partial charge in [0.05, 0.1) is 0 Å². The van der Waals surface area contributed by atoms with Gasteiger partial charge in [0.2, 0.25) is 0 Å². The van der Waals surface area contributed by atoms with Crippen LogP contribution in [0.4, 0.5) is 4.79 Å². The normalized spacial score (nSPS) is 23.2. The monoisotopic (exact) mass is 259 g/mol. The van der Waals surface area contributed by atoms with E-state index >= 15 is 0 Å². The van der Waals surface area contributed by atoms with Crippen molar-refractivity contribution < 1.29 is 4.79 Å². The third-order valence-corrected chi connectivity index (χ3v) is 4.38. The van der Waals surface area contributed by atoms with Crippen LogP contribution in [-0.2, 0) is 0 Å². The molecule has 1 aliphatic heterocycles. The number of carbonyl (C=O) groups excluding carboxylic acids is 1. The molecule has 5 heteroatoms. The van der Waals surface area contributed by atoms with Gasteiger partial charge >= 0.3 is 6.03 Å². The summed E-state index contributed by atoms with van der Waals surface area (Å²) in [5.74, 6) is 2.44. The van der Waals surface area contributed by atoms with Crippen LogP contribution in [0.2, 0.25) is 0 Å². The van der Waals surface area contributed by atoms with E-state index in [1.807, 2.05) is 11.8 Å². The molecule has 0 aliphatic carbocycles. The van der Waals surface area contributed by atoms with E-state index in [2.05, 4.69) is 24.5 Å². The second kappa shape index (κ2) is 6.50. The average molecular weight is 259 g/mol. The second-order valence-electron chi connectivity index (χ2n) is 5.45. The van der Waals surface area contributed by atoms with Crippen LogP contribution >= 0.6 is 11.8 Å². The summed E-state index contributed by atoms with van der Waals surface area (Å²) in [5.41, 5.74) is 0.372. The summed E-state index contributed by atoms with van der Waals surface area (Å²) < 4.78 is 0. The molecule has 1 atom stereocenters. The van der Waals surface area contributed by atoms with Crippen molar-refractivity contribution in [2.24, 2.45) is 5.41 Å². The molecular formula is C12H25N3OS. The molecule has 1 saturated heterocycles. The quantitative estimate of drug-likeness (QED) is 0.750. The minimum Gasteiger partial charge on any atom is -0.337 e. The molecule has 0 aromatic heterocycles. The average Bonchev–Trinajstić information content (AvgIpc) is 2.25. The van der Waals surface area contributed by atoms with E-state index in [1.54, 1.807) is 19.0 Å². The van der Waals surface area contributed by atoms with Crippen molar-refractivity contribution in [1.29, 1.82) is 0 Å². The number of hydrogen-bond acceptors (Lipinski definition) is 3. The van der Waals surface area contributed by atoms with Gasteiger partial charge in [-0.1, -0.05) is 13.8 Å². The van der Waals surface area contributed by atoms with E-state index in [0.29, 0.717) is 18.0 Å². The fraction of sp³-hybridized carbons (Fsp3) is 0.917. The maximum absolute atomic E-state index is 11.3. The number of nitrogens with zero attached hydrogens (tertiary/aromatic N) is 1. The molecule has 1 heterocycles. The topological polar surface area (TPSA) is 44.4 Å². The van der Waals surface area contributed by atoms with Gasteiger partial charge in [0.25, 0.3) is 0 Å². The standard InChI is InChI=1S/C12H25N3OS/c1-12(2)5-8-17-9-10(12)13-6-7-14-11(16)15(3)4/h10,13H,5-9H2,1-4H3,(H,14,16). The molecule has 0 radical (unpaired) electrons. The number of amides is 2. The number of carbonyl (C=O) groups is 1. The van der Waals surface area contributed by atoms with Gasteiger partial charge in [0.15, 0.2) is 0 Å². The van der Waals surface area contributed by atoms with Crippen molar-refractivity contribution in [3.63, 3.8) is 0 Å². The van der Waals surface area contributed by atoms with Gasteiger partial charge < -0.3 is 15.5 Å². The number of thioether (sulfide) groups is 1. The van der Waals surface area contributed by atoms with Crippen molar-refractivity contribution in [3.05, 3.63) is 0 Å². The van der Waals surface area contributed by atoms with Gasteiger partial charge in [-0.25, -0.2) is 4.79 Å². The minimum atomic E-state index is -0.0240. The van der Waals surface area contributed by atoms with Gasteiger partial charge in [-0.15, -0.1) is 0 Å². The molecule has 1 unspecified atom stereocenters. The van der Waals surface area contributed by atoms with E-state index in [4.69, 9.17) is 0 Å². The molecule has 0 aromatic carbocycles. The smallest absolute Gasteiger partial charge is 0.316 e. The molecule has 17 heavy (non-hydrogen) atoms. The van der Waals surface area contributed by atoms with Gasteiger partial charge in [-0.05, 0) is 17.6 Å². The molecular weight excluding hydrogens is 234 g/mol. The zero-order valence-corrected chi connectivity index (χ0v) is 12.2. The Kier molecular flexibility index (Phi) is 5.59. The van der Waals surface area contributed by atoms with Crippen LogP contribution < -0.4 is 10.6 Å². The summed E-state index contributed by atoms with van der Waals surface area (Å²) in [6.07, 6.45) is 1.26. The van der Waals surface area contributed by atoms with Gasteiger partial charge in [0.1, 0.15) is 0 Å². The number of urea groups is 1. The fourth-order valence-electron chi connectivity index (χ4n) is 1.85. The van der Waals surface area contributed by atoms with Gasteiger partial charge in [-0.2, -0.15) is 11.8 Å². The Morgan fingerprint density at radius 3 is 2.71 bits per heavy atom. The predicted octanol–water partition coefficient (Wildman–Crippen LogP) is 1.38. The first-order chi connectivity index (χ1) is 7.93. The zero-order chi connectivity index (χ0) is 12.9. The first-order valence-electron chi connectivity index (χ1n) is 6.20. The second-order valence-corrected chi connectivity index (χ2v) is 6.60. The summed E-state index contributed by atoms with van der Waals surface area (Å²) >= 11 is 2.02. The first-order valence-corrected chi connectivity index (χ1v) is 7.35. The van der Waals surface area contributed by atoms with Crippen LogP contribution in [0.25, 0.3) is 0 Å². The molecule has 4 nitrogen and oxygen atoms in total. The molecule has 1 fully saturated rings. The Morgan fingerprint density at radius 1 is 1.41 bits per heavy atom. The molecule has 2 amide bonds. The van der Waals surface area contributed by atoms with Crippen LogP contribution in [0.3, 0.4) is 0 Å². The molecule has 0 aromatic rings. The van der Waals surface area contributed by atoms with Crippen LogP contribution in [0.5, 0.6) is 0 Å². The Hall–Kier alpha value is -0.420. The molecule has 100 valence electrons. The van der Waals surface area contributed by atoms with E-state index in [0.717, 1.165) is 6.54 Å². The Balaban J connectivity index is 2.19. The number of rotatable bonds is 4. The highest BCUT2D eigenvalue weighted by Gasteiger charge is 2.31. The van der Waals surface area contributed by atoms with Crippen molar-refractivity contribution in [2.45, 2.75) is 26.3 Å². The maximum Gasteiger partial charge on any atom is 0.316 e. The fourth-order valence-corrected chi connectivity index (χ4v) is 3.49. The van der Waals surface area contributed by atoms with Gasteiger partial charge in [0, 0.05) is 39.0 Å². The van der Waals surface area contributed by atoms with Crippen LogP contribution in [-0.4, -0.2) is 55.7 Å². The zero-order valence-electron chi connectivity index (χ0n) is 11.4. The maximum atomic E-state index is 11.3. The summed E-state index contributed by atoms with van der Waals surface area (Å²) in [5, 5.41) is 6.42. The summed E-state index contributed by atoms with van der Waals surface area (Å²) in [6, 6.07) is 0.529.